The summed E-state index contributed by atoms with van der Waals surface area (Å²) in [4.78, 5) is 0. The van der Waals surface area contributed by atoms with E-state index in [1.807, 2.05) is 6.92 Å². The molecule has 1 aromatic rings. The molecule has 3 nitrogen and oxygen atoms in total. The van der Waals surface area contributed by atoms with Gasteiger partial charge in [-0.15, -0.1) is 0 Å². The molecule has 0 spiro atoms. The summed E-state index contributed by atoms with van der Waals surface area (Å²) in [5.74, 6) is 0.224. The van der Waals surface area contributed by atoms with Gasteiger partial charge < -0.3 is 10.3 Å². The van der Waals surface area contributed by atoms with E-state index in [4.69, 9.17) is 16.8 Å². The summed E-state index contributed by atoms with van der Waals surface area (Å²) in [7, 11) is 0. The van der Waals surface area contributed by atoms with Crippen molar-refractivity contribution in [1.29, 1.82) is 0 Å². The lowest BCUT2D eigenvalue weighted by Crippen LogP contribution is -2.05. The van der Waals surface area contributed by atoms with Gasteiger partial charge >= 0.3 is 0 Å². The van der Waals surface area contributed by atoms with Gasteiger partial charge in [0.2, 0.25) is 0 Å². The topological polar surface area (TPSA) is 52.8 Å². The Balaban J connectivity index is 2.69. The molecular formula is C10H10ClNO2. The second-order valence-electron chi connectivity index (χ2n) is 3.51. The number of nitrogens with zero attached hydrogens (tertiary/aromatic N) is 1. The van der Waals surface area contributed by atoms with Crippen LogP contribution in [0.3, 0.4) is 0 Å². The Labute approximate surface area is 86.6 Å². The molecule has 2 rings (SSSR count). The molecular weight excluding hydrogens is 202 g/mol. The van der Waals surface area contributed by atoms with Crippen LogP contribution in [0.2, 0.25) is 5.02 Å². The van der Waals surface area contributed by atoms with Gasteiger partial charge in [-0.3, -0.25) is 0 Å². The highest BCUT2D eigenvalue weighted by Crippen LogP contribution is 2.37. The molecule has 1 atom stereocenters. The van der Waals surface area contributed by atoms with E-state index in [2.05, 4.69) is 5.16 Å². The van der Waals surface area contributed by atoms with Crippen molar-refractivity contribution in [3.8, 4) is 5.75 Å². The van der Waals surface area contributed by atoms with Gasteiger partial charge in [0.25, 0.3) is 0 Å². The summed E-state index contributed by atoms with van der Waals surface area (Å²) < 4.78 is 0. The first kappa shape index (κ1) is 9.34. The lowest BCUT2D eigenvalue weighted by Gasteiger charge is -2.04. The van der Waals surface area contributed by atoms with Crippen LogP contribution in [0.1, 0.15) is 18.1 Å². The van der Waals surface area contributed by atoms with E-state index >= 15 is 0 Å². The van der Waals surface area contributed by atoms with Crippen molar-refractivity contribution in [3.63, 3.8) is 0 Å². The fraction of sp³-hybridized carbons (Fsp3) is 0.300. The van der Waals surface area contributed by atoms with Crippen molar-refractivity contribution in [2.24, 2.45) is 11.1 Å². The first-order chi connectivity index (χ1) is 6.65. The first-order valence-corrected chi connectivity index (χ1v) is 4.75. The molecule has 0 saturated carbocycles. The maximum absolute atomic E-state index is 9.62. The molecule has 1 unspecified atom stereocenters. The van der Waals surface area contributed by atoms with Crippen LogP contribution >= 0.6 is 11.6 Å². The van der Waals surface area contributed by atoms with Crippen LogP contribution in [0.25, 0.3) is 0 Å². The number of hydrogen-bond acceptors (Lipinski definition) is 3. The van der Waals surface area contributed by atoms with E-state index in [-0.39, 0.29) is 11.7 Å². The van der Waals surface area contributed by atoms with Gasteiger partial charge in [-0.05, 0) is 24.1 Å². The number of fused-ring (bicyclic) bond motifs is 1. The summed E-state index contributed by atoms with van der Waals surface area (Å²) in [6.07, 6.45) is 0.710. The second-order valence-corrected chi connectivity index (χ2v) is 3.92. The number of phenols is 1. The van der Waals surface area contributed by atoms with Crippen molar-refractivity contribution in [2.45, 2.75) is 13.3 Å². The highest BCUT2D eigenvalue weighted by molar-refractivity contribution is 6.32. The fourth-order valence-electron chi connectivity index (χ4n) is 1.89. The number of rotatable bonds is 0. The minimum atomic E-state index is 0.0980. The molecule has 1 aromatic carbocycles. The van der Waals surface area contributed by atoms with Gasteiger partial charge in [0.1, 0.15) is 5.75 Å². The highest BCUT2D eigenvalue weighted by Gasteiger charge is 2.30. The summed E-state index contributed by atoms with van der Waals surface area (Å²) >= 11 is 5.98. The normalized spacial score (nSPS) is 22.7. The maximum Gasteiger partial charge on any atom is 0.125 e. The van der Waals surface area contributed by atoms with Gasteiger partial charge in [0.15, 0.2) is 0 Å². The third-order valence-corrected chi connectivity index (χ3v) is 2.93. The SMILES string of the molecule is CC1Cc2c(Cl)ccc(O)c2/C1=N/O. The Bertz CT molecular complexity index is 415. The third kappa shape index (κ3) is 1.16. The number of phenolic OH excluding ortho intramolecular Hbond substituents is 1. The van der Waals surface area contributed by atoms with Gasteiger partial charge in [0.05, 0.1) is 5.71 Å². The zero-order chi connectivity index (χ0) is 10.3. The minimum absolute atomic E-state index is 0.0980. The maximum atomic E-state index is 9.62. The van der Waals surface area contributed by atoms with E-state index in [0.29, 0.717) is 22.7 Å². The van der Waals surface area contributed by atoms with Crippen LogP contribution in [-0.2, 0) is 6.42 Å². The van der Waals surface area contributed by atoms with Crippen LogP contribution in [0.15, 0.2) is 17.3 Å². The molecule has 14 heavy (non-hydrogen) atoms. The predicted octanol–water partition coefficient (Wildman–Crippen LogP) is 2.42. The molecule has 74 valence electrons. The lowest BCUT2D eigenvalue weighted by molar-refractivity contribution is 0.316. The van der Waals surface area contributed by atoms with Gasteiger partial charge in [-0.1, -0.05) is 23.7 Å². The molecule has 2 N–H and O–H groups in total. The molecule has 0 radical (unpaired) electrons. The molecule has 1 aliphatic carbocycles. The Hall–Kier alpha value is -1.22. The Kier molecular flexibility index (Phi) is 2.11. The number of halogens is 1. The Morgan fingerprint density at radius 2 is 2.21 bits per heavy atom. The largest absolute Gasteiger partial charge is 0.507 e. The summed E-state index contributed by atoms with van der Waals surface area (Å²) in [6, 6.07) is 3.17. The van der Waals surface area contributed by atoms with Crippen LogP contribution in [0, 0.1) is 5.92 Å². The lowest BCUT2D eigenvalue weighted by atomic mass is 10.1. The quantitative estimate of drug-likeness (QED) is 0.512. The zero-order valence-corrected chi connectivity index (χ0v) is 8.41. The van der Waals surface area contributed by atoms with Crippen molar-refractivity contribution in [2.75, 3.05) is 0 Å². The van der Waals surface area contributed by atoms with Gasteiger partial charge in [-0.25, -0.2) is 0 Å². The molecule has 0 fully saturated rings. The van der Waals surface area contributed by atoms with Gasteiger partial charge in [-0.2, -0.15) is 0 Å². The molecule has 0 saturated heterocycles. The molecule has 0 heterocycles. The average Bonchev–Trinajstić information content (AvgIpc) is 2.50. The number of hydrogen-bond donors (Lipinski definition) is 2. The van der Waals surface area contributed by atoms with E-state index < -0.39 is 0 Å². The molecule has 1 aliphatic rings. The van der Waals surface area contributed by atoms with Crippen molar-refractivity contribution < 1.29 is 10.3 Å². The first-order valence-electron chi connectivity index (χ1n) is 4.37. The van der Waals surface area contributed by atoms with Crippen LogP contribution in [0.5, 0.6) is 5.75 Å². The zero-order valence-electron chi connectivity index (χ0n) is 7.66. The van der Waals surface area contributed by atoms with E-state index in [0.717, 1.165) is 5.56 Å². The van der Waals surface area contributed by atoms with E-state index in [9.17, 15) is 5.11 Å². The third-order valence-electron chi connectivity index (χ3n) is 2.57. The molecule has 0 bridgehead atoms. The monoisotopic (exact) mass is 211 g/mol. The van der Waals surface area contributed by atoms with Crippen LogP contribution in [-0.4, -0.2) is 16.0 Å². The fourth-order valence-corrected chi connectivity index (χ4v) is 2.13. The van der Waals surface area contributed by atoms with Crippen molar-refractivity contribution >= 4 is 17.3 Å². The number of aromatic hydroxyl groups is 1. The minimum Gasteiger partial charge on any atom is -0.507 e. The molecule has 4 heteroatoms. The summed E-state index contributed by atoms with van der Waals surface area (Å²) in [5.41, 5.74) is 1.97. The van der Waals surface area contributed by atoms with Gasteiger partial charge in [0, 0.05) is 16.5 Å². The number of benzene rings is 1. The Morgan fingerprint density at radius 1 is 1.50 bits per heavy atom. The summed E-state index contributed by atoms with van der Waals surface area (Å²) in [6.45, 7) is 1.94. The van der Waals surface area contributed by atoms with Crippen LogP contribution in [0.4, 0.5) is 0 Å². The second kappa shape index (κ2) is 3.17. The standard InChI is InChI=1S/C10H10ClNO2/c1-5-4-6-7(11)2-3-8(13)9(6)10(5)12-14/h2-3,5,13-14H,4H2,1H3/b12-10+. The van der Waals surface area contributed by atoms with E-state index in [1.54, 1.807) is 6.07 Å². The molecule has 0 aliphatic heterocycles. The van der Waals surface area contributed by atoms with Crippen LogP contribution < -0.4 is 0 Å². The molecule has 0 amide bonds. The van der Waals surface area contributed by atoms with Crippen molar-refractivity contribution in [1.82, 2.24) is 0 Å². The van der Waals surface area contributed by atoms with E-state index in [1.165, 1.54) is 6.07 Å². The average molecular weight is 212 g/mol. The highest BCUT2D eigenvalue weighted by atomic mass is 35.5. The molecule has 0 aromatic heterocycles. The predicted molar refractivity (Wildman–Crippen MR) is 54.3 cm³/mol. The van der Waals surface area contributed by atoms with Crippen molar-refractivity contribution in [3.05, 3.63) is 28.3 Å². The number of oxime groups is 1. The smallest absolute Gasteiger partial charge is 0.125 e. The summed E-state index contributed by atoms with van der Waals surface area (Å²) in [5, 5.41) is 22.3. The Morgan fingerprint density at radius 3 is 2.86 bits per heavy atom.